The van der Waals surface area contributed by atoms with E-state index in [1.807, 2.05) is 30.5 Å². The van der Waals surface area contributed by atoms with Crippen molar-refractivity contribution >= 4 is 17.7 Å². The number of benzene rings is 1. The van der Waals surface area contributed by atoms with E-state index in [4.69, 9.17) is 0 Å². The Kier molecular flexibility index (Phi) is 4.06. The van der Waals surface area contributed by atoms with E-state index in [0.29, 0.717) is 25.2 Å². The molecule has 1 unspecified atom stereocenters. The summed E-state index contributed by atoms with van der Waals surface area (Å²) >= 11 is 1.66. The Bertz CT molecular complexity index is 748. The summed E-state index contributed by atoms with van der Waals surface area (Å²) in [5, 5.41) is 13.6. The van der Waals surface area contributed by atoms with Gasteiger partial charge in [-0.1, -0.05) is 12.1 Å². The second-order valence-corrected chi connectivity index (χ2v) is 6.20. The lowest BCUT2D eigenvalue weighted by Gasteiger charge is -2.19. The van der Waals surface area contributed by atoms with E-state index < -0.39 is 12.0 Å². The molecule has 1 aromatic carbocycles. The molecule has 116 valence electrons. The van der Waals surface area contributed by atoms with E-state index in [-0.39, 0.29) is 5.69 Å². The zero-order valence-corrected chi connectivity index (χ0v) is 13.0. The van der Waals surface area contributed by atoms with E-state index in [9.17, 15) is 14.7 Å². The highest BCUT2D eigenvalue weighted by molar-refractivity contribution is 7.98. The first-order chi connectivity index (χ1) is 10.6. The third-order valence-electron chi connectivity index (χ3n) is 3.91. The fourth-order valence-electron chi connectivity index (χ4n) is 2.77. The van der Waals surface area contributed by atoms with Gasteiger partial charge in [0.2, 0.25) is 0 Å². The molecule has 0 saturated heterocycles. The molecular weight excluding hydrogens is 302 g/mol. The van der Waals surface area contributed by atoms with Crippen LogP contribution in [-0.4, -0.2) is 31.7 Å². The van der Waals surface area contributed by atoms with Gasteiger partial charge in [-0.25, -0.2) is 14.3 Å². The topological polar surface area (TPSA) is 77.1 Å². The minimum Gasteiger partial charge on any atom is -0.480 e. The van der Waals surface area contributed by atoms with Crippen molar-refractivity contribution in [1.29, 1.82) is 0 Å². The van der Waals surface area contributed by atoms with Crippen LogP contribution in [0.5, 0.6) is 0 Å². The number of carbonyl (C=O) groups is 1. The molecule has 22 heavy (non-hydrogen) atoms. The smallest absolute Gasteiger partial charge is 0.347 e. The van der Waals surface area contributed by atoms with E-state index in [2.05, 4.69) is 5.10 Å². The van der Waals surface area contributed by atoms with E-state index in [1.54, 1.807) is 11.8 Å². The normalized spacial score (nSPS) is 17.2. The first kappa shape index (κ1) is 14.9. The quantitative estimate of drug-likeness (QED) is 0.869. The fraction of sp³-hybridized carbons (Fsp3) is 0.400. The van der Waals surface area contributed by atoms with Gasteiger partial charge in [0.15, 0.2) is 0 Å². The molecule has 0 bridgehead atoms. The van der Waals surface area contributed by atoms with Crippen molar-refractivity contribution in [2.75, 3.05) is 6.26 Å². The van der Waals surface area contributed by atoms with Gasteiger partial charge in [-0.3, -0.25) is 4.57 Å². The Balaban J connectivity index is 1.92. The van der Waals surface area contributed by atoms with Gasteiger partial charge < -0.3 is 5.11 Å². The molecule has 0 spiro atoms. The second-order valence-electron chi connectivity index (χ2n) is 5.32. The minimum atomic E-state index is -0.966. The maximum atomic E-state index is 12.5. The molecule has 7 heteroatoms. The molecule has 1 N–H and O–H groups in total. The predicted molar refractivity (Wildman–Crippen MR) is 83.4 cm³/mol. The van der Waals surface area contributed by atoms with Crippen molar-refractivity contribution in [3.63, 3.8) is 0 Å². The highest BCUT2D eigenvalue weighted by Gasteiger charge is 2.30. The lowest BCUT2D eigenvalue weighted by atomic mass is 10.1. The van der Waals surface area contributed by atoms with Crippen LogP contribution in [0.1, 0.15) is 30.3 Å². The summed E-state index contributed by atoms with van der Waals surface area (Å²) in [5.41, 5.74) is 0.637. The van der Waals surface area contributed by atoms with Crippen molar-refractivity contribution in [3.05, 3.63) is 46.1 Å². The summed E-state index contributed by atoms with van der Waals surface area (Å²) in [6.45, 7) is 0.361. The number of carboxylic acid groups (broad SMARTS) is 1. The van der Waals surface area contributed by atoms with Gasteiger partial charge in [-0.15, -0.1) is 11.8 Å². The molecule has 1 aromatic heterocycles. The summed E-state index contributed by atoms with van der Waals surface area (Å²) in [7, 11) is 0. The Morgan fingerprint density at radius 3 is 2.77 bits per heavy atom. The van der Waals surface area contributed by atoms with Crippen LogP contribution in [0.3, 0.4) is 0 Å². The summed E-state index contributed by atoms with van der Waals surface area (Å²) < 4.78 is 2.70. The minimum absolute atomic E-state index is 0.337. The number of rotatable bonds is 4. The van der Waals surface area contributed by atoms with Crippen LogP contribution < -0.4 is 5.69 Å². The van der Waals surface area contributed by atoms with Crippen LogP contribution in [-0.2, 0) is 17.8 Å². The maximum Gasteiger partial charge on any atom is 0.347 e. The third kappa shape index (κ3) is 2.68. The SMILES string of the molecule is CSc1ccc(Cn2nc3n(c2=O)C(C(=O)O)CCC3)cc1. The van der Waals surface area contributed by atoms with Gasteiger partial charge in [-0.2, -0.15) is 5.10 Å². The molecule has 2 heterocycles. The number of hydrogen-bond acceptors (Lipinski definition) is 4. The van der Waals surface area contributed by atoms with Gasteiger partial charge >= 0.3 is 11.7 Å². The number of carboxylic acids is 1. The van der Waals surface area contributed by atoms with Crippen molar-refractivity contribution in [3.8, 4) is 0 Å². The zero-order chi connectivity index (χ0) is 15.7. The summed E-state index contributed by atoms with van der Waals surface area (Å²) in [5.74, 6) is -0.392. The Hall–Kier alpha value is -2.02. The summed E-state index contributed by atoms with van der Waals surface area (Å²) in [6.07, 6.45) is 3.89. The first-order valence-corrected chi connectivity index (χ1v) is 8.36. The lowest BCUT2D eigenvalue weighted by molar-refractivity contribution is -0.141. The fourth-order valence-corrected chi connectivity index (χ4v) is 3.18. The molecule has 6 nitrogen and oxygen atoms in total. The third-order valence-corrected chi connectivity index (χ3v) is 4.65. The van der Waals surface area contributed by atoms with Crippen LogP contribution in [0.15, 0.2) is 34.0 Å². The number of thioether (sulfide) groups is 1. The molecule has 1 aliphatic rings. The number of aliphatic carboxylic acids is 1. The number of aryl methyl sites for hydroxylation is 1. The highest BCUT2D eigenvalue weighted by atomic mass is 32.2. The molecule has 1 atom stereocenters. The van der Waals surface area contributed by atoms with Crippen LogP contribution in [0.2, 0.25) is 0 Å². The molecule has 0 saturated carbocycles. The van der Waals surface area contributed by atoms with Crippen molar-refractivity contribution in [2.24, 2.45) is 0 Å². The molecule has 1 aliphatic heterocycles. The van der Waals surface area contributed by atoms with E-state index in [0.717, 1.165) is 16.9 Å². The standard InChI is InChI=1S/C15H17N3O3S/c1-22-11-7-5-10(6-8-11)9-17-15(21)18-12(14(19)20)3-2-4-13(18)16-17/h5-8,12H,2-4,9H2,1H3,(H,19,20). The Morgan fingerprint density at radius 2 is 2.14 bits per heavy atom. The molecule has 0 fully saturated rings. The largest absolute Gasteiger partial charge is 0.480 e. The zero-order valence-electron chi connectivity index (χ0n) is 12.2. The summed E-state index contributed by atoms with van der Waals surface area (Å²) in [4.78, 5) is 24.9. The number of hydrogen-bond donors (Lipinski definition) is 1. The lowest BCUT2D eigenvalue weighted by Crippen LogP contribution is -2.34. The second kappa shape index (κ2) is 6.00. The number of fused-ring (bicyclic) bond motifs is 1. The molecule has 3 rings (SSSR count). The van der Waals surface area contributed by atoms with Gasteiger partial charge in [-0.05, 0) is 36.8 Å². The molecule has 0 radical (unpaired) electrons. The van der Waals surface area contributed by atoms with Gasteiger partial charge in [0.1, 0.15) is 11.9 Å². The van der Waals surface area contributed by atoms with Crippen molar-refractivity contribution in [1.82, 2.24) is 14.3 Å². The molecule has 2 aromatic rings. The van der Waals surface area contributed by atoms with Gasteiger partial charge in [0.25, 0.3) is 0 Å². The van der Waals surface area contributed by atoms with Crippen molar-refractivity contribution < 1.29 is 9.90 Å². The highest BCUT2D eigenvalue weighted by Crippen LogP contribution is 2.22. The van der Waals surface area contributed by atoms with Crippen LogP contribution in [0, 0.1) is 0 Å². The van der Waals surface area contributed by atoms with Crippen LogP contribution >= 0.6 is 11.8 Å². The molecule has 0 aliphatic carbocycles. The maximum absolute atomic E-state index is 12.5. The monoisotopic (exact) mass is 319 g/mol. The number of nitrogens with zero attached hydrogens (tertiary/aromatic N) is 3. The molecule has 0 amide bonds. The summed E-state index contributed by atoms with van der Waals surface area (Å²) in [6, 6.07) is 7.14. The van der Waals surface area contributed by atoms with Gasteiger partial charge in [0.05, 0.1) is 6.54 Å². The molecular formula is C15H17N3O3S. The van der Waals surface area contributed by atoms with Crippen LogP contribution in [0.25, 0.3) is 0 Å². The first-order valence-electron chi connectivity index (χ1n) is 7.14. The number of aromatic nitrogens is 3. The Morgan fingerprint density at radius 1 is 1.41 bits per heavy atom. The van der Waals surface area contributed by atoms with E-state index >= 15 is 0 Å². The van der Waals surface area contributed by atoms with Crippen molar-refractivity contribution in [2.45, 2.75) is 36.7 Å². The average Bonchev–Trinajstić information content (AvgIpc) is 2.84. The predicted octanol–water partition coefficient (Wildman–Crippen LogP) is 1.78. The Labute approximate surface area is 131 Å². The van der Waals surface area contributed by atoms with E-state index in [1.165, 1.54) is 9.25 Å². The van der Waals surface area contributed by atoms with Gasteiger partial charge in [0, 0.05) is 11.3 Å². The average molecular weight is 319 g/mol. The van der Waals surface area contributed by atoms with Crippen LogP contribution in [0.4, 0.5) is 0 Å².